The van der Waals surface area contributed by atoms with Crippen LogP contribution in [-0.2, 0) is 6.18 Å². The number of nitrogens with one attached hydrogen (secondary N) is 1. The van der Waals surface area contributed by atoms with Gasteiger partial charge in [0.15, 0.2) is 5.15 Å². The average Bonchev–Trinajstić information content (AvgIpc) is 2.59. The van der Waals surface area contributed by atoms with Crippen molar-refractivity contribution in [1.82, 2.24) is 7.99 Å². The van der Waals surface area contributed by atoms with Gasteiger partial charge in [0.1, 0.15) is 0 Å². The van der Waals surface area contributed by atoms with Gasteiger partial charge in [0.2, 0.25) is 0 Å². The molecule has 0 unspecified atom stereocenters. The summed E-state index contributed by atoms with van der Waals surface area (Å²) in [7, 11) is 0. The predicted molar refractivity (Wildman–Crippen MR) is 99.8 cm³/mol. The van der Waals surface area contributed by atoms with Crippen LogP contribution in [0.3, 0.4) is 0 Å². The van der Waals surface area contributed by atoms with Crippen molar-refractivity contribution in [1.29, 1.82) is 0 Å². The highest BCUT2D eigenvalue weighted by Crippen LogP contribution is 2.30. The zero-order valence-corrected chi connectivity index (χ0v) is 15.6. The molecule has 0 aliphatic rings. The molecule has 0 spiro atoms. The van der Waals surface area contributed by atoms with Crippen LogP contribution in [0.1, 0.15) is 15.9 Å². The summed E-state index contributed by atoms with van der Waals surface area (Å²) in [6.45, 7) is 0. The molecule has 1 aromatic heterocycles. The molecule has 1 heterocycles. The van der Waals surface area contributed by atoms with E-state index in [-0.39, 0.29) is 21.8 Å². The number of halogens is 5. The van der Waals surface area contributed by atoms with Gasteiger partial charge < -0.3 is 5.32 Å². The van der Waals surface area contributed by atoms with E-state index < -0.39 is 23.2 Å². The first-order chi connectivity index (χ1) is 12.2. The first-order valence-corrected chi connectivity index (χ1v) is 8.38. The molecule has 0 fully saturated rings. The van der Waals surface area contributed by atoms with Gasteiger partial charge in [-0.05, 0) is 36.4 Å². The summed E-state index contributed by atoms with van der Waals surface area (Å²) in [5.41, 5.74) is -1.26. The van der Waals surface area contributed by atoms with Crippen molar-refractivity contribution in [2.75, 3.05) is 5.32 Å². The highest BCUT2D eigenvalue weighted by atomic mass is 127. The SMILES string of the molecule is O=C(Nc1ccc2c(Cl)nn(I)c(=O)c2c1)c1cccc(C(F)(F)F)c1. The van der Waals surface area contributed by atoms with Gasteiger partial charge in [-0.25, -0.2) is 0 Å². The standard InChI is InChI=1S/C16H8ClF3IN3O2/c17-13-11-5-4-10(7-12(11)15(26)24(21)23-13)22-14(25)8-2-1-3-9(6-8)16(18,19)20/h1-7H,(H,22,25). The molecule has 3 rings (SSSR count). The fraction of sp³-hybridized carbons (Fsp3) is 0.0625. The molecule has 0 bridgehead atoms. The molecule has 5 nitrogen and oxygen atoms in total. The van der Waals surface area contributed by atoms with Gasteiger partial charge in [0, 0.05) is 16.6 Å². The van der Waals surface area contributed by atoms with Gasteiger partial charge in [0.05, 0.1) is 33.8 Å². The number of carbonyl (C=O) groups is 1. The fourth-order valence-electron chi connectivity index (χ4n) is 2.29. The van der Waals surface area contributed by atoms with E-state index in [0.29, 0.717) is 5.39 Å². The minimum atomic E-state index is -4.55. The van der Waals surface area contributed by atoms with Crippen molar-refractivity contribution in [3.05, 3.63) is 69.1 Å². The summed E-state index contributed by atoms with van der Waals surface area (Å²) >= 11 is 7.65. The smallest absolute Gasteiger partial charge is 0.322 e. The third-order valence-corrected chi connectivity index (χ3v) is 4.46. The van der Waals surface area contributed by atoms with E-state index in [0.717, 1.165) is 21.1 Å². The Morgan fingerprint density at radius 2 is 1.88 bits per heavy atom. The molecule has 10 heteroatoms. The van der Waals surface area contributed by atoms with Crippen LogP contribution >= 0.6 is 34.5 Å². The molecule has 0 atom stereocenters. The van der Waals surface area contributed by atoms with Crippen LogP contribution in [0, 0.1) is 0 Å². The normalized spacial score (nSPS) is 11.6. The highest BCUT2D eigenvalue weighted by Gasteiger charge is 2.30. The number of hydrogen-bond acceptors (Lipinski definition) is 3. The predicted octanol–water partition coefficient (Wildman–Crippen LogP) is 4.52. The van der Waals surface area contributed by atoms with Crippen LogP contribution in [0.25, 0.3) is 10.8 Å². The van der Waals surface area contributed by atoms with Gasteiger partial charge in [-0.1, -0.05) is 17.7 Å². The Balaban J connectivity index is 1.95. The zero-order valence-electron chi connectivity index (χ0n) is 12.6. The molecular weight excluding hydrogens is 486 g/mol. The van der Waals surface area contributed by atoms with E-state index in [1.807, 2.05) is 0 Å². The van der Waals surface area contributed by atoms with Crippen molar-refractivity contribution in [2.45, 2.75) is 6.18 Å². The molecule has 1 amide bonds. The Morgan fingerprint density at radius 3 is 2.58 bits per heavy atom. The Hall–Kier alpha value is -2.14. The number of nitrogens with zero attached hydrogens (tertiary/aromatic N) is 2. The van der Waals surface area contributed by atoms with Gasteiger partial charge in [-0.2, -0.15) is 16.1 Å². The number of fused-ring (bicyclic) bond motifs is 1. The summed E-state index contributed by atoms with van der Waals surface area (Å²) in [6.07, 6.45) is -4.55. The van der Waals surface area contributed by atoms with E-state index in [1.165, 1.54) is 24.3 Å². The topological polar surface area (TPSA) is 64.0 Å². The molecule has 1 N–H and O–H groups in total. The summed E-state index contributed by atoms with van der Waals surface area (Å²) in [5, 5.41) is 7.05. The molecule has 2 aromatic carbocycles. The summed E-state index contributed by atoms with van der Waals surface area (Å²) in [6, 6.07) is 8.44. The first kappa shape index (κ1) is 18.6. The first-order valence-electron chi connectivity index (χ1n) is 7.04. The number of amides is 1. The Bertz CT molecular complexity index is 1080. The van der Waals surface area contributed by atoms with Crippen molar-refractivity contribution < 1.29 is 18.0 Å². The van der Waals surface area contributed by atoms with Crippen LogP contribution in [0.5, 0.6) is 0 Å². The lowest BCUT2D eigenvalue weighted by atomic mass is 10.1. The lowest BCUT2D eigenvalue weighted by molar-refractivity contribution is -0.137. The van der Waals surface area contributed by atoms with Crippen LogP contribution in [-0.4, -0.2) is 13.9 Å². The number of hydrogen-bond donors (Lipinski definition) is 1. The van der Waals surface area contributed by atoms with Crippen molar-refractivity contribution >= 4 is 56.8 Å². The molecule has 0 aliphatic carbocycles. The largest absolute Gasteiger partial charge is 0.416 e. The second-order valence-electron chi connectivity index (χ2n) is 5.25. The number of aromatic nitrogens is 2. The van der Waals surface area contributed by atoms with Crippen LogP contribution in [0.4, 0.5) is 18.9 Å². The maximum atomic E-state index is 12.8. The molecular formula is C16H8ClF3IN3O2. The van der Waals surface area contributed by atoms with Gasteiger partial charge >= 0.3 is 6.18 Å². The molecule has 3 aromatic rings. The maximum absolute atomic E-state index is 12.8. The summed E-state index contributed by atoms with van der Waals surface area (Å²) < 4.78 is 39.3. The summed E-state index contributed by atoms with van der Waals surface area (Å²) in [5.74, 6) is -0.731. The number of carbonyl (C=O) groups excluding carboxylic acids is 1. The third kappa shape index (κ3) is 3.68. The average molecular weight is 494 g/mol. The van der Waals surface area contributed by atoms with Crippen molar-refractivity contribution in [2.24, 2.45) is 0 Å². The second-order valence-corrected chi connectivity index (χ2v) is 6.52. The Morgan fingerprint density at radius 1 is 1.15 bits per heavy atom. The van der Waals surface area contributed by atoms with E-state index in [9.17, 15) is 22.8 Å². The molecule has 0 saturated carbocycles. The quantitative estimate of drug-likeness (QED) is 0.534. The number of benzene rings is 2. The number of rotatable bonds is 2. The molecule has 134 valence electrons. The van der Waals surface area contributed by atoms with Crippen LogP contribution < -0.4 is 10.9 Å². The van der Waals surface area contributed by atoms with Crippen molar-refractivity contribution in [3.8, 4) is 0 Å². The Kier molecular flexibility index (Phi) is 4.93. The van der Waals surface area contributed by atoms with Crippen molar-refractivity contribution in [3.63, 3.8) is 0 Å². The van der Waals surface area contributed by atoms with E-state index in [2.05, 4.69) is 10.4 Å². The van der Waals surface area contributed by atoms with E-state index in [1.54, 1.807) is 22.9 Å². The van der Waals surface area contributed by atoms with Gasteiger partial charge in [-0.15, -0.1) is 5.10 Å². The molecule has 0 radical (unpaired) electrons. The van der Waals surface area contributed by atoms with Gasteiger partial charge in [0.25, 0.3) is 11.5 Å². The summed E-state index contributed by atoms with van der Waals surface area (Å²) in [4.78, 5) is 24.4. The molecule has 0 aliphatic heterocycles. The van der Waals surface area contributed by atoms with Gasteiger partial charge in [-0.3, -0.25) is 9.59 Å². The molecule has 0 saturated heterocycles. The zero-order chi connectivity index (χ0) is 19.1. The number of alkyl halides is 3. The van der Waals surface area contributed by atoms with Crippen LogP contribution in [0.15, 0.2) is 47.3 Å². The lowest BCUT2D eigenvalue weighted by Crippen LogP contribution is -2.17. The minimum absolute atomic E-state index is 0.116. The highest BCUT2D eigenvalue weighted by molar-refractivity contribution is 14.1. The number of anilines is 1. The van der Waals surface area contributed by atoms with E-state index >= 15 is 0 Å². The maximum Gasteiger partial charge on any atom is 0.416 e. The fourth-order valence-corrected chi connectivity index (χ4v) is 3.14. The Labute approximate surface area is 163 Å². The van der Waals surface area contributed by atoms with E-state index in [4.69, 9.17) is 11.6 Å². The minimum Gasteiger partial charge on any atom is -0.322 e. The third-order valence-electron chi connectivity index (χ3n) is 3.53. The monoisotopic (exact) mass is 493 g/mol. The van der Waals surface area contributed by atoms with Crippen LogP contribution in [0.2, 0.25) is 5.15 Å². The molecule has 26 heavy (non-hydrogen) atoms. The second kappa shape index (κ2) is 6.88. The lowest BCUT2D eigenvalue weighted by Gasteiger charge is -2.10.